The first-order valence-corrected chi connectivity index (χ1v) is 8.47. The van der Waals surface area contributed by atoms with Crippen LogP contribution in [0, 0.1) is 0 Å². The fourth-order valence-corrected chi connectivity index (χ4v) is 2.18. The van der Waals surface area contributed by atoms with Crippen molar-refractivity contribution < 1.29 is 22.5 Å². The number of halogens is 3. The van der Waals surface area contributed by atoms with Crippen LogP contribution in [0.15, 0.2) is 28.7 Å². The standard InChI is InChI=1S/C16H22F3NO2S/c1-5-6-11-22-13-9-7-12(8-10-13)14(16(17,18)19)20-23(21)15(2,3)4/h7-10H,5-6,11H2,1-4H3. The SMILES string of the molecule is CCCCOc1ccc(C(=N[S+]([O-])C(C)(C)C)C(F)(F)F)cc1. The molecule has 0 aromatic heterocycles. The molecule has 0 aliphatic heterocycles. The van der Waals surface area contributed by atoms with Crippen molar-refractivity contribution in [1.82, 2.24) is 0 Å². The number of hydrogen-bond acceptors (Lipinski definition) is 3. The smallest absolute Gasteiger partial charge is 0.438 e. The Kier molecular flexibility index (Phi) is 6.95. The van der Waals surface area contributed by atoms with Crippen molar-refractivity contribution in [2.24, 2.45) is 4.40 Å². The second kappa shape index (κ2) is 8.06. The van der Waals surface area contributed by atoms with Crippen molar-refractivity contribution >= 4 is 17.1 Å². The number of ether oxygens (including phenoxy) is 1. The molecule has 23 heavy (non-hydrogen) atoms. The Hall–Kier alpha value is -1.21. The van der Waals surface area contributed by atoms with E-state index in [0.29, 0.717) is 12.4 Å². The molecule has 0 heterocycles. The molecule has 1 unspecified atom stereocenters. The topological polar surface area (TPSA) is 44.6 Å². The Balaban J connectivity index is 3.03. The lowest BCUT2D eigenvalue weighted by atomic mass is 10.1. The van der Waals surface area contributed by atoms with Crippen LogP contribution in [0.5, 0.6) is 5.75 Å². The molecule has 0 saturated carbocycles. The molecule has 7 heteroatoms. The van der Waals surface area contributed by atoms with Crippen LogP contribution < -0.4 is 4.74 Å². The van der Waals surface area contributed by atoms with E-state index in [9.17, 15) is 17.7 Å². The summed E-state index contributed by atoms with van der Waals surface area (Å²) in [6.45, 7) is 7.26. The van der Waals surface area contributed by atoms with Gasteiger partial charge in [0, 0.05) is 5.56 Å². The van der Waals surface area contributed by atoms with Gasteiger partial charge in [0.25, 0.3) is 0 Å². The summed E-state index contributed by atoms with van der Waals surface area (Å²) in [5.74, 6) is 0.501. The largest absolute Gasteiger partial charge is 0.591 e. The Morgan fingerprint density at radius 1 is 1.17 bits per heavy atom. The monoisotopic (exact) mass is 349 g/mol. The van der Waals surface area contributed by atoms with Crippen molar-refractivity contribution in [3.8, 4) is 5.75 Å². The van der Waals surface area contributed by atoms with E-state index < -0.39 is 28.0 Å². The van der Waals surface area contributed by atoms with Gasteiger partial charge in [0.1, 0.15) is 21.9 Å². The highest BCUT2D eigenvalue weighted by molar-refractivity contribution is 7.91. The third-order valence-electron chi connectivity index (χ3n) is 2.86. The maximum Gasteiger partial charge on any atom is 0.438 e. The molecule has 1 aromatic carbocycles. The minimum Gasteiger partial charge on any atom is -0.591 e. The second-order valence-corrected chi connectivity index (χ2v) is 7.93. The zero-order valence-corrected chi connectivity index (χ0v) is 14.6. The third kappa shape index (κ3) is 6.43. The van der Waals surface area contributed by atoms with Gasteiger partial charge in [-0.05, 0) is 51.5 Å². The number of alkyl halides is 3. The number of benzene rings is 1. The maximum atomic E-state index is 13.2. The molecule has 0 spiro atoms. The molecule has 0 aliphatic rings. The van der Waals surface area contributed by atoms with Crippen LogP contribution in [0.2, 0.25) is 0 Å². The Bertz CT molecular complexity index is 522. The fourth-order valence-electron chi connectivity index (χ4n) is 1.53. The lowest BCUT2D eigenvalue weighted by Crippen LogP contribution is -2.31. The summed E-state index contributed by atoms with van der Waals surface area (Å²) in [7, 11) is 0. The van der Waals surface area contributed by atoms with Gasteiger partial charge in [-0.25, -0.2) is 0 Å². The summed E-state index contributed by atoms with van der Waals surface area (Å²) in [6, 6.07) is 5.50. The molecule has 1 rings (SSSR count). The Labute approximate surface area is 138 Å². The average molecular weight is 349 g/mol. The van der Waals surface area contributed by atoms with Crippen molar-refractivity contribution in [2.45, 2.75) is 51.5 Å². The van der Waals surface area contributed by atoms with E-state index in [0.717, 1.165) is 12.8 Å². The van der Waals surface area contributed by atoms with Crippen LogP contribution in [0.1, 0.15) is 46.1 Å². The summed E-state index contributed by atoms with van der Waals surface area (Å²) in [6.07, 6.45) is -2.82. The summed E-state index contributed by atoms with van der Waals surface area (Å²) >= 11 is -1.99. The first kappa shape index (κ1) is 19.8. The molecule has 0 fully saturated rings. The van der Waals surface area contributed by atoms with E-state index in [1.165, 1.54) is 24.3 Å². The molecule has 3 nitrogen and oxygen atoms in total. The van der Waals surface area contributed by atoms with E-state index in [-0.39, 0.29) is 5.56 Å². The number of nitrogens with zero attached hydrogens (tertiary/aromatic N) is 1. The molecule has 1 aromatic rings. The van der Waals surface area contributed by atoms with Crippen molar-refractivity contribution in [2.75, 3.05) is 6.61 Å². The molecular formula is C16H22F3NO2S. The van der Waals surface area contributed by atoms with Crippen molar-refractivity contribution in [3.05, 3.63) is 29.8 Å². The zero-order chi connectivity index (χ0) is 17.7. The summed E-state index contributed by atoms with van der Waals surface area (Å²) in [5.41, 5.74) is -1.26. The summed E-state index contributed by atoms with van der Waals surface area (Å²) in [5, 5.41) is 0. The molecule has 0 radical (unpaired) electrons. The van der Waals surface area contributed by atoms with E-state index >= 15 is 0 Å². The van der Waals surface area contributed by atoms with Crippen LogP contribution in [0.4, 0.5) is 13.2 Å². The lowest BCUT2D eigenvalue weighted by molar-refractivity contribution is -0.0578. The number of rotatable bonds is 6. The van der Waals surface area contributed by atoms with Gasteiger partial charge in [0.2, 0.25) is 5.71 Å². The van der Waals surface area contributed by atoms with Gasteiger partial charge in [-0.15, -0.1) is 0 Å². The van der Waals surface area contributed by atoms with E-state index in [1.807, 2.05) is 6.92 Å². The number of hydrogen-bond donors (Lipinski definition) is 0. The summed E-state index contributed by atoms with van der Waals surface area (Å²) < 4.78 is 59.5. The van der Waals surface area contributed by atoms with Gasteiger partial charge < -0.3 is 9.29 Å². The van der Waals surface area contributed by atoms with Crippen LogP contribution in [0.3, 0.4) is 0 Å². The molecule has 0 aliphatic carbocycles. The van der Waals surface area contributed by atoms with Gasteiger partial charge in [-0.3, -0.25) is 0 Å². The van der Waals surface area contributed by atoms with E-state index in [2.05, 4.69) is 4.40 Å². The van der Waals surface area contributed by atoms with Crippen molar-refractivity contribution in [1.29, 1.82) is 0 Å². The highest BCUT2D eigenvalue weighted by Crippen LogP contribution is 2.27. The quantitative estimate of drug-likeness (QED) is 0.425. The minimum atomic E-state index is -4.68. The van der Waals surface area contributed by atoms with Crippen LogP contribution in [-0.4, -0.2) is 27.8 Å². The van der Waals surface area contributed by atoms with Gasteiger partial charge in [0.05, 0.1) is 6.61 Å². The highest BCUT2D eigenvalue weighted by atomic mass is 32.2. The van der Waals surface area contributed by atoms with Crippen LogP contribution >= 0.6 is 0 Å². The molecule has 1 atom stereocenters. The number of unbranched alkanes of at least 4 members (excludes halogenated alkanes) is 1. The zero-order valence-electron chi connectivity index (χ0n) is 13.7. The maximum absolute atomic E-state index is 13.2. The molecule has 0 saturated heterocycles. The normalized spacial score (nSPS) is 14.7. The Morgan fingerprint density at radius 2 is 1.74 bits per heavy atom. The molecular weight excluding hydrogens is 327 g/mol. The van der Waals surface area contributed by atoms with Crippen LogP contribution in [0.25, 0.3) is 0 Å². The Morgan fingerprint density at radius 3 is 2.17 bits per heavy atom. The summed E-state index contributed by atoms with van der Waals surface area (Å²) in [4.78, 5) is 0. The first-order valence-electron chi connectivity index (χ1n) is 7.37. The molecule has 0 N–H and O–H groups in total. The van der Waals surface area contributed by atoms with Gasteiger partial charge in [-0.1, -0.05) is 17.7 Å². The average Bonchev–Trinajstić information content (AvgIpc) is 2.43. The van der Waals surface area contributed by atoms with E-state index in [4.69, 9.17) is 4.74 Å². The minimum absolute atomic E-state index is 0.127. The highest BCUT2D eigenvalue weighted by Gasteiger charge is 2.41. The van der Waals surface area contributed by atoms with Gasteiger partial charge >= 0.3 is 6.18 Å². The second-order valence-electron chi connectivity index (χ2n) is 6.03. The van der Waals surface area contributed by atoms with Gasteiger partial charge in [-0.2, -0.15) is 13.2 Å². The predicted molar refractivity (Wildman–Crippen MR) is 87.3 cm³/mol. The first-order chi connectivity index (χ1) is 10.6. The van der Waals surface area contributed by atoms with Crippen molar-refractivity contribution in [3.63, 3.8) is 0 Å². The lowest BCUT2D eigenvalue weighted by Gasteiger charge is -2.20. The van der Waals surface area contributed by atoms with Gasteiger partial charge in [0.15, 0.2) is 0 Å². The fraction of sp³-hybridized carbons (Fsp3) is 0.562. The van der Waals surface area contributed by atoms with E-state index in [1.54, 1.807) is 20.8 Å². The molecule has 0 amide bonds. The third-order valence-corrected chi connectivity index (χ3v) is 4.26. The predicted octanol–water partition coefficient (Wildman–Crippen LogP) is 4.68. The van der Waals surface area contributed by atoms with Crippen LogP contribution in [-0.2, 0) is 11.4 Å². The molecule has 0 bridgehead atoms. The molecule has 130 valence electrons.